The Bertz CT molecular complexity index is 7910. The van der Waals surface area contributed by atoms with E-state index < -0.39 is 0 Å². The molecule has 0 atom stereocenters. The predicted octanol–water partition coefficient (Wildman–Crippen LogP) is 31.5. The number of benzene rings is 17. The number of imidazole rings is 3. The maximum Gasteiger partial charge on any atom is 0.160 e. The fraction of sp³-hybridized carbons (Fsp3) is 0. The van der Waals surface area contributed by atoms with Crippen LogP contribution in [0.3, 0.4) is 0 Å². The van der Waals surface area contributed by atoms with Crippen molar-refractivity contribution in [1.29, 1.82) is 0 Å². The molecule has 0 unspecified atom stereocenters. The molecule has 0 N–H and O–H groups in total. The van der Waals surface area contributed by atoms with Crippen LogP contribution in [0.2, 0.25) is 0 Å². The lowest BCUT2D eigenvalue weighted by molar-refractivity contribution is 1.09. The molecule has 0 fully saturated rings. The summed E-state index contributed by atoms with van der Waals surface area (Å²) in [5, 5.41) is 0. The van der Waals surface area contributed by atoms with E-state index in [1.807, 2.05) is 171 Å². The zero-order valence-corrected chi connectivity index (χ0v) is 76.5. The maximum atomic E-state index is 5.28. The minimum absolute atomic E-state index is 0.679. The van der Waals surface area contributed by atoms with Crippen LogP contribution in [-0.4, -0.2) is 63.5 Å². The van der Waals surface area contributed by atoms with Crippen molar-refractivity contribution in [3.8, 4) is 197 Å². The van der Waals surface area contributed by atoms with E-state index in [0.717, 1.165) is 218 Å². The smallest absolute Gasteiger partial charge is 0.160 e. The molecule has 13 heteroatoms. The Morgan fingerprint density at radius 3 is 0.645 bits per heavy atom. The van der Waals surface area contributed by atoms with Crippen LogP contribution in [0.25, 0.3) is 230 Å². The van der Waals surface area contributed by atoms with E-state index in [0.29, 0.717) is 11.6 Å². The molecular weight excluding hydrogens is 1720 g/mol. The van der Waals surface area contributed by atoms with Crippen molar-refractivity contribution >= 4 is 33.1 Å². The van der Waals surface area contributed by atoms with Crippen LogP contribution in [-0.2, 0) is 0 Å². The van der Waals surface area contributed by atoms with Crippen LogP contribution in [0.5, 0.6) is 0 Å². The van der Waals surface area contributed by atoms with Gasteiger partial charge >= 0.3 is 0 Å². The molecule has 664 valence electrons. The lowest BCUT2D eigenvalue weighted by Crippen LogP contribution is -2.02. The van der Waals surface area contributed by atoms with Gasteiger partial charge in [0.1, 0.15) is 17.5 Å². The summed E-state index contributed by atoms with van der Waals surface area (Å²) in [7, 11) is 0. The molecule has 8 aromatic heterocycles. The Balaban J connectivity index is 0.000000118. The largest absolute Gasteiger partial charge is 0.292 e. The predicted molar refractivity (Wildman–Crippen MR) is 575 cm³/mol. The Hall–Kier alpha value is -19.2. The number of pyridine rings is 3. The second-order valence-corrected chi connectivity index (χ2v) is 34.4. The summed E-state index contributed by atoms with van der Waals surface area (Å²) < 4.78 is 6.75. The average molecular weight is 1810 g/mol. The van der Waals surface area contributed by atoms with Gasteiger partial charge in [-0.3, -0.25) is 28.7 Å². The quantitative estimate of drug-likeness (QED) is 0.0767. The first-order valence-electron chi connectivity index (χ1n) is 47.0. The first kappa shape index (κ1) is 85.9. The first-order valence-corrected chi connectivity index (χ1v) is 47.0. The molecule has 8 heterocycles. The summed E-state index contributed by atoms with van der Waals surface area (Å²) in [6.45, 7) is 0. The summed E-state index contributed by atoms with van der Waals surface area (Å²) in [5.74, 6) is 3.89. The van der Waals surface area contributed by atoms with E-state index in [-0.39, 0.29) is 0 Å². The highest BCUT2D eigenvalue weighted by molar-refractivity contribution is 5.93. The number of hydrogen-bond donors (Lipinski definition) is 0. The molecule has 0 saturated carbocycles. The Morgan fingerprint density at radius 2 is 0.348 bits per heavy atom. The number of hydrogen-bond acceptors (Lipinski definition) is 10. The maximum absolute atomic E-state index is 5.28. The van der Waals surface area contributed by atoms with Crippen molar-refractivity contribution in [3.63, 3.8) is 0 Å². The van der Waals surface area contributed by atoms with Crippen LogP contribution in [0, 0.1) is 0 Å². The monoisotopic (exact) mass is 1810 g/mol. The molecular formula is C128H87N13. The van der Waals surface area contributed by atoms with Crippen LogP contribution < -0.4 is 0 Å². The molecule has 0 spiro atoms. The lowest BCUT2D eigenvalue weighted by atomic mass is 9.91. The van der Waals surface area contributed by atoms with E-state index >= 15 is 0 Å². The topological polar surface area (TPSA) is 144 Å². The van der Waals surface area contributed by atoms with Crippen molar-refractivity contribution in [2.24, 2.45) is 0 Å². The summed E-state index contributed by atoms with van der Waals surface area (Å²) in [5.41, 5.74) is 37.1. The lowest BCUT2D eigenvalue weighted by Gasteiger charge is -2.15. The van der Waals surface area contributed by atoms with Crippen molar-refractivity contribution in [3.05, 3.63) is 529 Å². The first-order chi connectivity index (χ1) is 69.9. The fourth-order valence-electron chi connectivity index (χ4n) is 18.4. The van der Waals surface area contributed by atoms with Crippen LogP contribution in [0.4, 0.5) is 0 Å². The van der Waals surface area contributed by atoms with Gasteiger partial charge in [-0.2, -0.15) is 0 Å². The molecule has 0 saturated heterocycles. The fourth-order valence-corrected chi connectivity index (χ4v) is 18.4. The number of para-hydroxylation sites is 9. The van der Waals surface area contributed by atoms with Crippen LogP contribution >= 0.6 is 0 Å². The van der Waals surface area contributed by atoms with Gasteiger partial charge in [0.05, 0.1) is 55.9 Å². The Labute approximate surface area is 816 Å². The second-order valence-electron chi connectivity index (χ2n) is 34.4. The van der Waals surface area contributed by atoms with Crippen LogP contribution in [0.15, 0.2) is 529 Å². The van der Waals surface area contributed by atoms with Gasteiger partial charge in [-0.25, -0.2) is 34.9 Å². The van der Waals surface area contributed by atoms with Crippen molar-refractivity contribution in [2.45, 2.75) is 0 Å². The molecule has 0 aliphatic carbocycles. The molecule has 0 amide bonds. The third kappa shape index (κ3) is 18.5. The molecule has 0 aliphatic heterocycles. The number of aromatic nitrogens is 13. The van der Waals surface area contributed by atoms with Gasteiger partial charge in [-0.1, -0.05) is 315 Å². The average Bonchev–Trinajstić information content (AvgIpc) is 1.58. The number of fused-ring (bicyclic) bond motifs is 3. The van der Waals surface area contributed by atoms with Crippen molar-refractivity contribution in [2.75, 3.05) is 0 Å². The molecule has 0 radical (unpaired) electrons. The zero-order valence-electron chi connectivity index (χ0n) is 76.5. The van der Waals surface area contributed by atoms with E-state index in [9.17, 15) is 0 Å². The van der Waals surface area contributed by atoms with Crippen LogP contribution in [0.1, 0.15) is 0 Å². The Morgan fingerprint density at radius 1 is 0.135 bits per heavy atom. The van der Waals surface area contributed by atoms with E-state index in [1.165, 1.54) is 0 Å². The van der Waals surface area contributed by atoms with Gasteiger partial charge in [0, 0.05) is 121 Å². The molecule has 25 rings (SSSR count). The molecule has 25 aromatic rings. The standard InChI is InChI=1S/C45H30N6.C44H30N4.C39H27N3/c1-4-16-34(17-5-1)49-40-25-13-10-22-37(40)46-43(49)31-28-32(44-47-38-23-11-14-26-41(38)50(44)35-18-6-2-7-19-35)30-33(29-31)45-48-39-24-12-15-27-42(39)51(45)36-20-8-3-9-21-36;1-6-16-31(17-7-1)36-26-37(41-29-39(32-18-8-2-9-19-32)45-43(47-41)34-22-12-4-13-23-34)28-38(27-36)42-30-40(33-20-10-3-11-21-33)46-44(48-42)35-24-14-5-15-25-35;1-7-28(34-13-4-16-40-25-34)19-31(10-1)37-22-38(32-11-2-8-29(20-32)35-14-5-17-41-26-35)24-39(23-37)33-12-3-9-30(21-33)36-15-6-18-42-27-36/h1-30H;1-30H;1-27H. The third-order valence-corrected chi connectivity index (χ3v) is 25.2. The van der Waals surface area contributed by atoms with Gasteiger partial charge in [-0.05, 0) is 237 Å². The number of nitrogens with zero attached hydrogens (tertiary/aromatic N) is 13. The second kappa shape index (κ2) is 39.4. The summed E-state index contributed by atoms with van der Waals surface area (Å²) in [4.78, 5) is 49.2. The number of rotatable bonds is 19. The summed E-state index contributed by atoms with van der Waals surface area (Å²) in [6.07, 6.45) is 11.2. The van der Waals surface area contributed by atoms with Gasteiger partial charge in [0.25, 0.3) is 0 Å². The minimum Gasteiger partial charge on any atom is -0.292 e. The SMILES string of the molecule is c1ccc(-c2cc(-c3cc(-c4ccccc4)nc(-c4ccccc4)n3)cc(-c3cc(-c4ccccc4)nc(-c4ccccc4)n3)c2)cc1.c1ccc(-n2c(-c3cc(-c4nc5ccccc5n4-c4ccccc4)cc(-c4nc5ccccc5n4-c4ccccc4)c3)nc3ccccc32)cc1.c1cncc(-c2cccc(-c3cc(-c4cccc(-c5cccnc5)c4)cc(-c4cccc(-c5cccnc5)c4)c3)c2)c1. The highest BCUT2D eigenvalue weighted by Gasteiger charge is 2.25. The van der Waals surface area contributed by atoms with Crippen molar-refractivity contribution in [1.82, 2.24) is 63.5 Å². The normalized spacial score (nSPS) is 11.1. The van der Waals surface area contributed by atoms with Crippen molar-refractivity contribution < 1.29 is 0 Å². The highest BCUT2D eigenvalue weighted by atomic mass is 15.1. The van der Waals surface area contributed by atoms with Gasteiger partial charge in [-0.15, -0.1) is 0 Å². The Kier molecular flexibility index (Phi) is 24.0. The third-order valence-electron chi connectivity index (χ3n) is 25.2. The summed E-state index contributed by atoms with van der Waals surface area (Å²) in [6, 6.07) is 170. The van der Waals surface area contributed by atoms with Gasteiger partial charge in [0.2, 0.25) is 0 Å². The van der Waals surface area contributed by atoms with Gasteiger partial charge < -0.3 is 0 Å². The van der Waals surface area contributed by atoms with E-state index in [1.54, 1.807) is 0 Å². The van der Waals surface area contributed by atoms with Gasteiger partial charge in [0.15, 0.2) is 11.6 Å². The summed E-state index contributed by atoms with van der Waals surface area (Å²) >= 11 is 0. The molecule has 17 aromatic carbocycles. The zero-order chi connectivity index (χ0) is 94.0. The molecule has 141 heavy (non-hydrogen) atoms. The van der Waals surface area contributed by atoms with E-state index in [4.69, 9.17) is 34.9 Å². The minimum atomic E-state index is 0.679. The van der Waals surface area contributed by atoms with E-state index in [2.05, 4.69) is 387 Å². The molecule has 0 aliphatic rings. The molecule has 0 bridgehead atoms. The molecule has 13 nitrogen and oxygen atoms in total. The highest BCUT2D eigenvalue weighted by Crippen LogP contribution is 2.44.